The van der Waals surface area contributed by atoms with Crippen molar-refractivity contribution in [3.05, 3.63) is 35.8 Å². The standard InChI is InChI=1S/C14H14FNO2/c15-14-9(3-4-12-10(14)5-6-16-12)11(7-13(17)18)8-1-2-8/h3-6,8,11,16H,1-2,7H2,(H,17,18). The van der Waals surface area contributed by atoms with E-state index < -0.39 is 5.97 Å². The van der Waals surface area contributed by atoms with Gasteiger partial charge < -0.3 is 10.1 Å². The number of hydrogen-bond acceptors (Lipinski definition) is 1. The zero-order valence-corrected chi connectivity index (χ0v) is 9.82. The van der Waals surface area contributed by atoms with Gasteiger partial charge in [-0.2, -0.15) is 0 Å². The Morgan fingerprint density at radius 1 is 1.44 bits per heavy atom. The topological polar surface area (TPSA) is 53.1 Å². The van der Waals surface area contributed by atoms with Crippen LogP contribution in [0.1, 0.15) is 30.7 Å². The van der Waals surface area contributed by atoms with Crippen molar-refractivity contribution in [2.24, 2.45) is 5.92 Å². The molecular formula is C14H14FNO2. The second-order valence-electron chi connectivity index (χ2n) is 4.95. The number of aromatic amines is 1. The zero-order valence-electron chi connectivity index (χ0n) is 9.82. The molecule has 1 aliphatic carbocycles. The lowest BCUT2D eigenvalue weighted by Crippen LogP contribution is -2.10. The summed E-state index contributed by atoms with van der Waals surface area (Å²) < 4.78 is 14.4. The molecule has 94 valence electrons. The molecular weight excluding hydrogens is 233 g/mol. The van der Waals surface area contributed by atoms with Crippen molar-refractivity contribution in [2.75, 3.05) is 0 Å². The van der Waals surface area contributed by atoms with Crippen LogP contribution in [-0.4, -0.2) is 16.1 Å². The van der Waals surface area contributed by atoms with E-state index in [1.54, 1.807) is 18.3 Å². The molecule has 3 nitrogen and oxygen atoms in total. The molecule has 1 aromatic heterocycles. The number of aromatic nitrogens is 1. The van der Waals surface area contributed by atoms with Crippen LogP contribution in [0.4, 0.5) is 4.39 Å². The van der Waals surface area contributed by atoms with Crippen LogP contribution in [0.15, 0.2) is 24.4 Å². The van der Waals surface area contributed by atoms with Gasteiger partial charge in [0, 0.05) is 23.0 Å². The van der Waals surface area contributed by atoms with Crippen LogP contribution in [0.3, 0.4) is 0 Å². The minimum atomic E-state index is -0.861. The van der Waals surface area contributed by atoms with Gasteiger partial charge in [-0.25, -0.2) is 4.39 Å². The van der Waals surface area contributed by atoms with Crippen LogP contribution in [0.25, 0.3) is 10.9 Å². The summed E-state index contributed by atoms with van der Waals surface area (Å²) in [6, 6.07) is 5.24. The average Bonchev–Trinajstić information content (AvgIpc) is 3.05. The summed E-state index contributed by atoms with van der Waals surface area (Å²) in [5.74, 6) is -0.999. The molecule has 1 aromatic carbocycles. The predicted octanol–water partition coefficient (Wildman–Crippen LogP) is 3.28. The monoisotopic (exact) mass is 247 g/mol. The number of fused-ring (bicyclic) bond motifs is 1. The number of benzene rings is 1. The molecule has 4 heteroatoms. The normalized spacial score (nSPS) is 16.9. The van der Waals surface area contributed by atoms with Gasteiger partial charge in [-0.15, -0.1) is 0 Å². The summed E-state index contributed by atoms with van der Waals surface area (Å²) in [5.41, 5.74) is 1.30. The Bertz CT molecular complexity index is 601. The van der Waals surface area contributed by atoms with Gasteiger partial charge in [0.25, 0.3) is 0 Å². The van der Waals surface area contributed by atoms with Gasteiger partial charge in [0.15, 0.2) is 0 Å². The highest BCUT2D eigenvalue weighted by Gasteiger charge is 2.35. The van der Waals surface area contributed by atoms with E-state index in [4.69, 9.17) is 5.11 Å². The molecule has 1 aliphatic rings. The summed E-state index contributed by atoms with van der Waals surface area (Å²) >= 11 is 0. The van der Waals surface area contributed by atoms with Crippen molar-refractivity contribution in [2.45, 2.75) is 25.2 Å². The van der Waals surface area contributed by atoms with E-state index in [-0.39, 0.29) is 18.2 Å². The van der Waals surface area contributed by atoms with Gasteiger partial charge in [-0.1, -0.05) is 6.07 Å². The highest BCUT2D eigenvalue weighted by atomic mass is 19.1. The van der Waals surface area contributed by atoms with Crippen molar-refractivity contribution < 1.29 is 14.3 Å². The SMILES string of the molecule is O=C(O)CC(c1ccc2[nH]ccc2c1F)C1CC1. The second-order valence-corrected chi connectivity index (χ2v) is 4.95. The smallest absolute Gasteiger partial charge is 0.303 e. The third kappa shape index (κ3) is 1.88. The van der Waals surface area contributed by atoms with Gasteiger partial charge in [-0.3, -0.25) is 4.79 Å². The summed E-state index contributed by atoms with van der Waals surface area (Å²) in [6.07, 6.45) is 3.71. The first-order valence-electron chi connectivity index (χ1n) is 6.14. The van der Waals surface area contributed by atoms with E-state index in [0.29, 0.717) is 16.9 Å². The molecule has 1 unspecified atom stereocenters. The minimum absolute atomic E-state index is 0.0114. The molecule has 2 N–H and O–H groups in total. The number of hydrogen-bond donors (Lipinski definition) is 2. The maximum atomic E-state index is 14.4. The number of nitrogens with one attached hydrogen (secondary N) is 1. The predicted molar refractivity (Wildman–Crippen MR) is 66.0 cm³/mol. The van der Waals surface area contributed by atoms with Crippen LogP contribution in [-0.2, 0) is 4.79 Å². The minimum Gasteiger partial charge on any atom is -0.481 e. The number of carboxylic acid groups (broad SMARTS) is 1. The van der Waals surface area contributed by atoms with Crippen LogP contribution < -0.4 is 0 Å². The Labute approximate surface area is 104 Å². The first-order chi connectivity index (χ1) is 8.66. The summed E-state index contributed by atoms with van der Waals surface area (Å²) in [6.45, 7) is 0. The molecule has 1 heterocycles. The maximum absolute atomic E-state index is 14.4. The number of rotatable bonds is 4. The Hall–Kier alpha value is -1.84. The quantitative estimate of drug-likeness (QED) is 0.871. The molecule has 1 fully saturated rings. The third-order valence-corrected chi connectivity index (χ3v) is 3.68. The fraction of sp³-hybridized carbons (Fsp3) is 0.357. The van der Waals surface area contributed by atoms with Crippen molar-refractivity contribution >= 4 is 16.9 Å². The van der Waals surface area contributed by atoms with E-state index in [2.05, 4.69) is 4.98 Å². The first kappa shape index (κ1) is 11.3. The van der Waals surface area contributed by atoms with Crippen molar-refractivity contribution in [1.82, 2.24) is 4.98 Å². The fourth-order valence-corrected chi connectivity index (χ4v) is 2.62. The first-order valence-corrected chi connectivity index (χ1v) is 6.14. The van der Waals surface area contributed by atoms with E-state index in [0.717, 1.165) is 18.4 Å². The number of aliphatic carboxylic acids is 1. The van der Waals surface area contributed by atoms with Crippen molar-refractivity contribution in [3.63, 3.8) is 0 Å². The number of carboxylic acids is 1. The molecule has 0 saturated heterocycles. The summed E-state index contributed by atoms with van der Waals surface area (Å²) in [5, 5.41) is 9.50. The molecule has 1 atom stereocenters. The summed E-state index contributed by atoms with van der Waals surface area (Å²) in [7, 11) is 0. The molecule has 1 saturated carbocycles. The molecule has 3 rings (SSSR count). The van der Waals surface area contributed by atoms with Crippen molar-refractivity contribution in [1.29, 1.82) is 0 Å². The lowest BCUT2D eigenvalue weighted by Gasteiger charge is -2.15. The Morgan fingerprint density at radius 2 is 2.22 bits per heavy atom. The largest absolute Gasteiger partial charge is 0.481 e. The Kier molecular flexibility index (Phi) is 2.58. The lowest BCUT2D eigenvalue weighted by molar-refractivity contribution is -0.137. The molecule has 0 bridgehead atoms. The molecule has 18 heavy (non-hydrogen) atoms. The van der Waals surface area contributed by atoms with Crippen LogP contribution in [0, 0.1) is 11.7 Å². The van der Waals surface area contributed by atoms with Gasteiger partial charge in [0.2, 0.25) is 0 Å². The fourth-order valence-electron chi connectivity index (χ4n) is 2.62. The summed E-state index contributed by atoms with van der Waals surface area (Å²) in [4.78, 5) is 13.9. The lowest BCUT2D eigenvalue weighted by atomic mass is 9.90. The van der Waals surface area contributed by atoms with E-state index in [9.17, 15) is 9.18 Å². The van der Waals surface area contributed by atoms with Crippen LogP contribution in [0.5, 0.6) is 0 Å². The average molecular weight is 247 g/mol. The Balaban J connectivity index is 2.05. The third-order valence-electron chi connectivity index (χ3n) is 3.68. The Morgan fingerprint density at radius 3 is 2.89 bits per heavy atom. The van der Waals surface area contributed by atoms with E-state index >= 15 is 0 Å². The maximum Gasteiger partial charge on any atom is 0.303 e. The van der Waals surface area contributed by atoms with E-state index in [1.807, 2.05) is 6.07 Å². The molecule has 0 amide bonds. The van der Waals surface area contributed by atoms with Gasteiger partial charge in [0.1, 0.15) is 5.82 Å². The van der Waals surface area contributed by atoms with Crippen LogP contribution >= 0.6 is 0 Å². The van der Waals surface area contributed by atoms with Gasteiger partial charge in [0.05, 0.1) is 6.42 Å². The molecule has 0 spiro atoms. The van der Waals surface area contributed by atoms with Gasteiger partial charge >= 0.3 is 5.97 Å². The van der Waals surface area contributed by atoms with Gasteiger partial charge in [-0.05, 0) is 36.5 Å². The number of halogens is 1. The van der Waals surface area contributed by atoms with Crippen molar-refractivity contribution in [3.8, 4) is 0 Å². The highest BCUT2D eigenvalue weighted by Crippen LogP contribution is 2.45. The molecule has 0 radical (unpaired) electrons. The number of carbonyl (C=O) groups is 1. The van der Waals surface area contributed by atoms with E-state index in [1.165, 1.54) is 0 Å². The number of H-pyrrole nitrogens is 1. The van der Waals surface area contributed by atoms with Crippen LogP contribution in [0.2, 0.25) is 0 Å². The molecule has 2 aromatic rings. The zero-order chi connectivity index (χ0) is 12.7. The second kappa shape index (κ2) is 4.12. The molecule has 0 aliphatic heterocycles. The highest BCUT2D eigenvalue weighted by molar-refractivity contribution is 5.81.